The Labute approximate surface area is 148 Å². The molecule has 2 bridgehead atoms. The summed E-state index contributed by atoms with van der Waals surface area (Å²) in [5.41, 5.74) is 0.826. The molecule has 3 rings (SSSR count). The summed E-state index contributed by atoms with van der Waals surface area (Å²) < 4.78 is 16.1. The van der Waals surface area contributed by atoms with Crippen LogP contribution in [0.15, 0.2) is 18.2 Å². The monoisotopic (exact) mass is 346 g/mol. The SMILES string of the molecule is COc1cc(C(=O)O[C@H]2C[C@@]3(C)CC[C@@H]2C3(C)C)ccc1OC(C)=O. The van der Waals surface area contributed by atoms with Gasteiger partial charge in [0.1, 0.15) is 6.10 Å². The molecular weight excluding hydrogens is 320 g/mol. The summed E-state index contributed by atoms with van der Waals surface area (Å²) in [6.45, 7) is 8.20. The van der Waals surface area contributed by atoms with Crippen molar-refractivity contribution in [2.75, 3.05) is 7.11 Å². The molecule has 0 spiro atoms. The molecule has 0 unspecified atom stereocenters. The molecule has 1 aromatic rings. The Morgan fingerprint density at radius 3 is 2.40 bits per heavy atom. The zero-order valence-electron chi connectivity index (χ0n) is 15.5. The molecule has 0 saturated heterocycles. The molecular formula is C20H26O5. The molecule has 2 aliphatic carbocycles. The summed E-state index contributed by atoms with van der Waals surface area (Å²) >= 11 is 0. The van der Waals surface area contributed by atoms with Gasteiger partial charge in [-0.15, -0.1) is 0 Å². The first-order valence-corrected chi connectivity index (χ1v) is 8.75. The maximum absolute atomic E-state index is 12.6. The van der Waals surface area contributed by atoms with Gasteiger partial charge in [0, 0.05) is 12.8 Å². The highest BCUT2D eigenvalue weighted by atomic mass is 16.6. The molecule has 0 aromatic heterocycles. The lowest BCUT2D eigenvalue weighted by atomic mass is 9.71. The molecule has 0 heterocycles. The minimum Gasteiger partial charge on any atom is -0.493 e. The number of carbonyl (C=O) groups is 2. The van der Waals surface area contributed by atoms with Crippen LogP contribution in [0.2, 0.25) is 0 Å². The molecule has 0 N–H and O–H groups in total. The van der Waals surface area contributed by atoms with E-state index in [-0.39, 0.29) is 22.9 Å². The van der Waals surface area contributed by atoms with Crippen LogP contribution in [0.4, 0.5) is 0 Å². The van der Waals surface area contributed by atoms with Crippen LogP contribution >= 0.6 is 0 Å². The fourth-order valence-electron chi connectivity index (χ4n) is 4.57. The van der Waals surface area contributed by atoms with Crippen LogP contribution < -0.4 is 9.47 Å². The van der Waals surface area contributed by atoms with Crippen molar-refractivity contribution in [3.05, 3.63) is 23.8 Å². The second-order valence-corrected chi connectivity index (χ2v) is 8.03. The third kappa shape index (κ3) is 2.90. The van der Waals surface area contributed by atoms with Crippen molar-refractivity contribution in [3.63, 3.8) is 0 Å². The number of rotatable bonds is 4. The molecule has 25 heavy (non-hydrogen) atoms. The van der Waals surface area contributed by atoms with Crippen molar-refractivity contribution in [1.82, 2.24) is 0 Å². The molecule has 0 aliphatic heterocycles. The largest absolute Gasteiger partial charge is 0.493 e. The van der Waals surface area contributed by atoms with Gasteiger partial charge >= 0.3 is 11.9 Å². The number of hydrogen-bond donors (Lipinski definition) is 0. The van der Waals surface area contributed by atoms with E-state index >= 15 is 0 Å². The average Bonchev–Trinajstić information content (AvgIpc) is 2.87. The van der Waals surface area contributed by atoms with E-state index in [2.05, 4.69) is 20.8 Å². The van der Waals surface area contributed by atoms with Crippen molar-refractivity contribution in [2.24, 2.45) is 16.7 Å². The lowest BCUT2D eigenvalue weighted by Crippen LogP contribution is -2.28. The Kier molecular flexibility index (Phi) is 4.30. The predicted octanol–water partition coefficient (Wildman–Crippen LogP) is 3.99. The van der Waals surface area contributed by atoms with Crippen LogP contribution in [-0.2, 0) is 9.53 Å². The van der Waals surface area contributed by atoms with Gasteiger partial charge < -0.3 is 14.2 Å². The summed E-state index contributed by atoms with van der Waals surface area (Å²) in [6.07, 6.45) is 3.18. The van der Waals surface area contributed by atoms with E-state index in [0.717, 1.165) is 12.8 Å². The van der Waals surface area contributed by atoms with Crippen LogP contribution in [0.3, 0.4) is 0 Å². The maximum atomic E-state index is 12.6. The van der Waals surface area contributed by atoms with Crippen LogP contribution in [0.25, 0.3) is 0 Å². The van der Waals surface area contributed by atoms with Crippen LogP contribution in [-0.4, -0.2) is 25.2 Å². The fraction of sp³-hybridized carbons (Fsp3) is 0.600. The molecule has 2 saturated carbocycles. The Morgan fingerprint density at radius 2 is 1.88 bits per heavy atom. The molecule has 5 heteroatoms. The van der Waals surface area contributed by atoms with Crippen LogP contribution in [0.1, 0.15) is 57.3 Å². The molecule has 1 aromatic carbocycles. The van der Waals surface area contributed by atoms with Crippen LogP contribution in [0, 0.1) is 16.7 Å². The molecule has 2 fully saturated rings. The van der Waals surface area contributed by atoms with Gasteiger partial charge in [-0.25, -0.2) is 4.79 Å². The Hall–Kier alpha value is -2.04. The Morgan fingerprint density at radius 1 is 1.16 bits per heavy atom. The fourth-order valence-corrected chi connectivity index (χ4v) is 4.57. The van der Waals surface area contributed by atoms with Crippen molar-refractivity contribution in [3.8, 4) is 11.5 Å². The average molecular weight is 346 g/mol. The second-order valence-electron chi connectivity index (χ2n) is 8.03. The third-order valence-electron chi connectivity index (χ3n) is 6.50. The number of hydrogen-bond acceptors (Lipinski definition) is 5. The number of methoxy groups -OCH3 is 1. The summed E-state index contributed by atoms with van der Waals surface area (Å²) in [6, 6.07) is 4.72. The summed E-state index contributed by atoms with van der Waals surface area (Å²) in [4.78, 5) is 23.7. The van der Waals surface area contributed by atoms with Crippen molar-refractivity contribution in [1.29, 1.82) is 0 Å². The normalized spacial score (nSPS) is 29.3. The van der Waals surface area contributed by atoms with Gasteiger partial charge in [-0.3, -0.25) is 4.79 Å². The zero-order valence-corrected chi connectivity index (χ0v) is 15.5. The summed E-state index contributed by atoms with van der Waals surface area (Å²) in [5, 5.41) is 0. The first-order chi connectivity index (χ1) is 11.7. The van der Waals surface area contributed by atoms with Gasteiger partial charge in [0.15, 0.2) is 11.5 Å². The number of ether oxygens (including phenoxy) is 3. The minimum atomic E-state index is -0.439. The summed E-state index contributed by atoms with van der Waals surface area (Å²) in [7, 11) is 1.47. The number of fused-ring (bicyclic) bond motifs is 2. The summed E-state index contributed by atoms with van der Waals surface area (Å²) in [5.74, 6) is 0.240. The van der Waals surface area contributed by atoms with Crippen molar-refractivity contribution in [2.45, 2.75) is 53.1 Å². The number of esters is 2. The van der Waals surface area contributed by atoms with Gasteiger partial charge in [-0.1, -0.05) is 20.8 Å². The Bertz CT molecular complexity index is 705. The minimum absolute atomic E-state index is 0.0413. The lowest BCUT2D eigenvalue weighted by Gasteiger charge is -2.33. The van der Waals surface area contributed by atoms with Gasteiger partial charge in [0.2, 0.25) is 0 Å². The standard InChI is InChI=1S/C20H26O5/c1-12(21)24-15-7-6-13(10-16(15)23-5)18(22)25-17-11-20(4)9-8-14(17)19(20,2)3/h6-7,10,14,17H,8-9,11H2,1-5H3/t14-,17-,20+/m0/s1. The molecule has 0 amide bonds. The van der Waals surface area contributed by atoms with Crippen LogP contribution in [0.5, 0.6) is 11.5 Å². The first kappa shape index (κ1) is 17.8. The van der Waals surface area contributed by atoms with E-state index < -0.39 is 5.97 Å². The molecule has 3 atom stereocenters. The topological polar surface area (TPSA) is 61.8 Å². The molecule has 5 nitrogen and oxygen atoms in total. The van der Waals surface area contributed by atoms with Gasteiger partial charge in [-0.05, 0) is 48.3 Å². The van der Waals surface area contributed by atoms with Gasteiger partial charge in [-0.2, -0.15) is 0 Å². The van der Waals surface area contributed by atoms with E-state index in [1.54, 1.807) is 18.2 Å². The van der Waals surface area contributed by atoms with E-state index in [1.165, 1.54) is 20.5 Å². The maximum Gasteiger partial charge on any atom is 0.338 e. The van der Waals surface area contributed by atoms with Crippen molar-refractivity contribution < 1.29 is 23.8 Å². The van der Waals surface area contributed by atoms with E-state index in [1.807, 2.05) is 0 Å². The van der Waals surface area contributed by atoms with Gasteiger partial charge in [0.25, 0.3) is 0 Å². The zero-order chi connectivity index (χ0) is 18.4. The lowest BCUT2D eigenvalue weighted by molar-refractivity contribution is -0.132. The predicted molar refractivity (Wildman–Crippen MR) is 92.7 cm³/mol. The van der Waals surface area contributed by atoms with Crippen molar-refractivity contribution >= 4 is 11.9 Å². The quantitative estimate of drug-likeness (QED) is 0.609. The molecule has 0 radical (unpaired) electrons. The molecule has 136 valence electrons. The van der Waals surface area contributed by atoms with E-state index in [4.69, 9.17) is 14.2 Å². The Balaban J connectivity index is 1.75. The molecule has 2 aliphatic rings. The highest BCUT2D eigenvalue weighted by Gasteiger charge is 2.61. The smallest absolute Gasteiger partial charge is 0.338 e. The third-order valence-corrected chi connectivity index (χ3v) is 6.50. The highest BCUT2D eigenvalue weighted by molar-refractivity contribution is 5.90. The second kappa shape index (κ2) is 6.04. The number of carbonyl (C=O) groups excluding carboxylic acids is 2. The highest BCUT2D eigenvalue weighted by Crippen LogP contribution is 2.66. The first-order valence-electron chi connectivity index (χ1n) is 8.75. The van der Waals surface area contributed by atoms with Gasteiger partial charge in [0.05, 0.1) is 12.7 Å². The van der Waals surface area contributed by atoms with E-state index in [0.29, 0.717) is 23.0 Å². The van der Waals surface area contributed by atoms with E-state index in [9.17, 15) is 9.59 Å². The number of benzene rings is 1.